The molecule has 0 saturated carbocycles. The molecule has 7 heteroatoms. The third-order valence-electron chi connectivity index (χ3n) is 3.30. The van der Waals surface area contributed by atoms with Gasteiger partial charge >= 0.3 is 0 Å². The maximum absolute atomic E-state index is 9.24. The minimum Gasteiger partial charge on any atom is -0.391 e. The van der Waals surface area contributed by atoms with Crippen LogP contribution in [-0.4, -0.2) is 33.2 Å². The minimum absolute atomic E-state index is 0.0723. The number of aliphatic hydroxyl groups excluding tert-OH is 1. The first kappa shape index (κ1) is 11.1. The van der Waals surface area contributed by atoms with E-state index in [1.807, 2.05) is 6.92 Å². The molecule has 4 atom stereocenters. The zero-order valence-electron chi connectivity index (χ0n) is 9.24. The Balaban J connectivity index is 1.94. The lowest BCUT2D eigenvalue weighted by molar-refractivity contribution is -0.147. The first-order valence-corrected chi connectivity index (χ1v) is 5.79. The van der Waals surface area contributed by atoms with E-state index >= 15 is 0 Å². The fourth-order valence-electron chi connectivity index (χ4n) is 2.34. The first-order chi connectivity index (χ1) is 8.07. The molecule has 92 valence electrons. The molecule has 3 heterocycles. The quantitative estimate of drug-likeness (QED) is 0.589. The van der Waals surface area contributed by atoms with Gasteiger partial charge in [0.15, 0.2) is 0 Å². The largest absolute Gasteiger partial charge is 0.391 e. The molecule has 2 saturated heterocycles. The number of nitrogens with two attached hydrogens (primary N) is 1. The van der Waals surface area contributed by atoms with Crippen molar-refractivity contribution in [1.29, 1.82) is 0 Å². The van der Waals surface area contributed by atoms with E-state index in [-0.39, 0.29) is 24.9 Å². The van der Waals surface area contributed by atoms with Gasteiger partial charge in [0.1, 0.15) is 24.8 Å². The van der Waals surface area contributed by atoms with Crippen molar-refractivity contribution in [3.8, 4) is 0 Å². The summed E-state index contributed by atoms with van der Waals surface area (Å²) in [7, 11) is 0. The first-order valence-electron chi connectivity index (χ1n) is 5.38. The molecule has 6 nitrogen and oxygen atoms in total. The van der Waals surface area contributed by atoms with Crippen LogP contribution in [0.2, 0.25) is 0 Å². The molecular weight excluding hydrogens is 242 g/mol. The average molecular weight is 255 g/mol. The molecule has 3 rings (SSSR count). The van der Waals surface area contributed by atoms with Gasteiger partial charge in [0.25, 0.3) is 0 Å². The summed E-state index contributed by atoms with van der Waals surface area (Å²) in [6.07, 6.45) is 1.42. The highest BCUT2D eigenvalue weighted by Gasteiger charge is 2.68. The molecular formula is C10H13N3O3S. The summed E-state index contributed by atoms with van der Waals surface area (Å²) < 4.78 is 13.2. The predicted octanol–water partition coefficient (Wildman–Crippen LogP) is 0.447. The Morgan fingerprint density at radius 2 is 2.41 bits per heavy atom. The van der Waals surface area contributed by atoms with Crippen molar-refractivity contribution >= 4 is 18.0 Å². The van der Waals surface area contributed by atoms with E-state index in [4.69, 9.17) is 27.4 Å². The van der Waals surface area contributed by atoms with Crippen molar-refractivity contribution in [2.75, 3.05) is 12.3 Å². The van der Waals surface area contributed by atoms with Gasteiger partial charge in [0, 0.05) is 12.1 Å². The molecule has 0 radical (unpaired) electrons. The summed E-state index contributed by atoms with van der Waals surface area (Å²) in [5, 5.41) is 9.24. The van der Waals surface area contributed by atoms with Gasteiger partial charge in [0.2, 0.25) is 10.6 Å². The number of aromatic nitrogens is 2. The van der Waals surface area contributed by atoms with Crippen molar-refractivity contribution in [2.45, 2.75) is 25.0 Å². The van der Waals surface area contributed by atoms with E-state index in [1.165, 1.54) is 0 Å². The minimum atomic E-state index is -0.833. The SMILES string of the molecule is CC1[C@H](n2ccc(N)nc2=S)OC2(CO)O[C@H]12. The van der Waals surface area contributed by atoms with Gasteiger partial charge in [-0.3, -0.25) is 4.57 Å². The van der Waals surface area contributed by atoms with Gasteiger partial charge in [-0.25, -0.2) is 4.98 Å². The van der Waals surface area contributed by atoms with E-state index in [1.54, 1.807) is 16.8 Å². The number of nitrogen functional groups attached to an aromatic ring is 1. The summed E-state index contributed by atoms with van der Waals surface area (Å²) in [5.41, 5.74) is 5.55. The number of nitrogens with zero attached hydrogens (tertiary/aromatic N) is 2. The van der Waals surface area contributed by atoms with Crippen LogP contribution in [0.1, 0.15) is 13.2 Å². The van der Waals surface area contributed by atoms with Crippen LogP contribution >= 0.6 is 12.2 Å². The topological polar surface area (TPSA) is 85.8 Å². The molecule has 0 amide bonds. The molecule has 1 aromatic rings. The van der Waals surface area contributed by atoms with Crippen LogP contribution < -0.4 is 5.73 Å². The molecule has 1 aromatic heterocycles. The highest BCUT2D eigenvalue weighted by atomic mass is 32.1. The van der Waals surface area contributed by atoms with E-state index in [0.717, 1.165) is 0 Å². The Hall–Kier alpha value is -1.02. The van der Waals surface area contributed by atoms with Crippen LogP contribution in [0, 0.1) is 10.7 Å². The number of aliphatic hydroxyl groups is 1. The lowest BCUT2D eigenvalue weighted by Gasteiger charge is -2.22. The van der Waals surface area contributed by atoms with Gasteiger partial charge in [-0.1, -0.05) is 6.92 Å². The Morgan fingerprint density at radius 1 is 1.65 bits per heavy atom. The number of ether oxygens (including phenoxy) is 2. The summed E-state index contributed by atoms with van der Waals surface area (Å²) in [6, 6.07) is 1.67. The lowest BCUT2D eigenvalue weighted by Crippen LogP contribution is -2.23. The molecule has 3 N–H and O–H groups in total. The molecule has 0 spiro atoms. The van der Waals surface area contributed by atoms with E-state index in [9.17, 15) is 5.11 Å². The fraction of sp³-hybridized carbons (Fsp3) is 0.600. The standard InChI is InChI=1S/C10H13N3O3S/c1-5-7-10(4-14,15-7)16-8(5)13-3-2-6(11)12-9(13)17/h2-3,5,7-8,14H,4H2,1H3,(H2,11,12,17)/t5?,7-,8-,10?/m1/s1. The number of fused-ring (bicyclic) bond motifs is 1. The Bertz CT molecular complexity index is 520. The van der Waals surface area contributed by atoms with E-state index in [2.05, 4.69) is 4.98 Å². The van der Waals surface area contributed by atoms with E-state index in [0.29, 0.717) is 10.6 Å². The molecule has 2 fully saturated rings. The average Bonchev–Trinajstić information content (AvgIpc) is 2.95. The van der Waals surface area contributed by atoms with Crippen LogP contribution in [0.5, 0.6) is 0 Å². The van der Waals surface area contributed by atoms with Gasteiger partial charge in [0.05, 0.1) is 0 Å². The number of hydrogen-bond donors (Lipinski definition) is 2. The molecule has 2 aliphatic heterocycles. The zero-order chi connectivity index (χ0) is 12.2. The molecule has 0 aromatic carbocycles. The normalized spacial score (nSPS) is 39.1. The third kappa shape index (κ3) is 1.50. The van der Waals surface area contributed by atoms with Crippen LogP contribution in [0.25, 0.3) is 0 Å². The monoisotopic (exact) mass is 255 g/mol. The van der Waals surface area contributed by atoms with Crippen LogP contribution in [0.15, 0.2) is 12.3 Å². The number of rotatable bonds is 2. The Morgan fingerprint density at radius 3 is 3.00 bits per heavy atom. The fourth-order valence-corrected chi connectivity index (χ4v) is 2.61. The van der Waals surface area contributed by atoms with Gasteiger partial charge in [-0.2, -0.15) is 0 Å². The Labute approximate surface area is 103 Å². The van der Waals surface area contributed by atoms with Crippen LogP contribution in [0.4, 0.5) is 5.82 Å². The summed E-state index contributed by atoms with van der Waals surface area (Å²) in [4.78, 5) is 4.01. The van der Waals surface area contributed by atoms with Crippen molar-refractivity contribution < 1.29 is 14.6 Å². The predicted molar refractivity (Wildman–Crippen MR) is 61.4 cm³/mol. The maximum Gasteiger partial charge on any atom is 0.221 e. The van der Waals surface area contributed by atoms with Crippen LogP contribution in [0.3, 0.4) is 0 Å². The Kier molecular flexibility index (Phi) is 2.27. The third-order valence-corrected chi connectivity index (χ3v) is 3.60. The number of anilines is 1. The van der Waals surface area contributed by atoms with Crippen molar-refractivity contribution in [2.24, 2.45) is 5.92 Å². The van der Waals surface area contributed by atoms with Crippen molar-refractivity contribution in [3.05, 3.63) is 17.0 Å². The second kappa shape index (κ2) is 3.49. The lowest BCUT2D eigenvalue weighted by atomic mass is 10.1. The molecule has 17 heavy (non-hydrogen) atoms. The molecule has 2 unspecified atom stereocenters. The maximum atomic E-state index is 9.24. The smallest absolute Gasteiger partial charge is 0.221 e. The van der Waals surface area contributed by atoms with Gasteiger partial charge < -0.3 is 20.3 Å². The zero-order valence-corrected chi connectivity index (χ0v) is 10.1. The number of hydrogen-bond acceptors (Lipinski definition) is 6. The molecule has 0 aliphatic carbocycles. The number of epoxide rings is 1. The van der Waals surface area contributed by atoms with E-state index < -0.39 is 5.79 Å². The van der Waals surface area contributed by atoms with Crippen molar-refractivity contribution in [3.63, 3.8) is 0 Å². The highest BCUT2D eigenvalue weighted by molar-refractivity contribution is 7.71. The summed E-state index contributed by atoms with van der Waals surface area (Å²) in [6.45, 7) is 1.85. The molecule has 0 bridgehead atoms. The highest BCUT2D eigenvalue weighted by Crippen LogP contribution is 2.54. The summed E-state index contributed by atoms with van der Waals surface area (Å²) >= 11 is 5.14. The van der Waals surface area contributed by atoms with Gasteiger partial charge in [-0.05, 0) is 18.3 Å². The second-order valence-corrected chi connectivity index (χ2v) is 4.78. The second-order valence-electron chi connectivity index (χ2n) is 4.42. The van der Waals surface area contributed by atoms with Gasteiger partial charge in [-0.15, -0.1) is 0 Å². The summed E-state index contributed by atoms with van der Waals surface area (Å²) in [5.74, 6) is -0.338. The van der Waals surface area contributed by atoms with Crippen LogP contribution in [-0.2, 0) is 9.47 Å². The van der Waals surface area contributed by atoms with Crippen molar-refractivity contribution in [1.82, 2.24) is 9.55 Å². The molecule has 2 aliphatic rings.